The number of fused-ring (bicyclic) bond motifs is 2. The molecule has 0 bridgehead atoms. The van der Waals surface area contributed by atoms with Gasteiger partial charge >= 0.3 is 0 Å². The molecule has 8 nitrogen and oxygen atoms in total. The van der Waals surface area contributed by atoms with E-state index in [1.165, 1.54) is 6.07 Å². The highest BCUT2D eigenvalue weighted by Gasteiger charge is 2.38. The van der Waals surface area contributed by atoms with Gasteiger partial charge in [-0.1, -0.05) is 48.4 Å². The van der Waals surface area contributed by atoms with Gasteiger partial charge in [-0.2, -0.15) is 0 Å². The number of rotatable bonds is 6. The summed E-state index contributed by atoms with van der Waals surface area (Å²) in [6, 6.07) is 22.3. The molecule has 2 aromatic carbocycles. The molecule has 0 radical (unpaired) electrons. The van der Waals surface area contributed by atoms with E-state index in [1.807, 2.05) is 69.3 Å². The predicted octanol–water partition coefficient (Wildman–Crippen LogP) is 6.27. The zero-order valence-electron chi connectivity index (χ0n) is 22.8. The molecule has 3 N–H and O–H groups in total. The third-order valence-electron chi connectivity index (χ3n) is 7.16. The second kappa shape index (κ2) is 10.3. The van der Waals surface area contributed by atoms with Gasteiger partial charge in [-0.05, 0) is 62.7 Å². The molecule has 3 heterocycles. The van der Waals surface area contributed by atoms with Gasteiger partial charge in [0.05, 0.1) is 28.1 Å². The maximum atomic E-state index is 14.3. The van der Waals surface area contributed by atoms with Gasteiger partial charge in [-0.25, -0.2) is 4.98 Å². The van der Waals surface area contributed by atoms with Crippen molar-refractivity contribution in [3.63, 3.8) is 0 Å². The van der Waals surface area contributed by atoms with Crippen LogP contribution < -0.4 is 16.2 Å². The Morgan fingerprint density at radius 2 is 1.44 bits per heavy atom. The van der Waals surface area contributed by atoms with E-state index in [9.17, 15) is 14.4 Å². The first-order chi connectivity index (χ1) is 19.8. The lowest BCUT2D eigenvalue weighted by Crippen LogP contribution is -2.29. The van der Waals surface area contributed by atoms with Crippen molar-refractivity contribution in [3.8, 4) is 11.4 Å². The van der Waals surface area contributed by atoms with Gasteiger partial charge in [-0.15, -0.1) is 0 Å². The Balaban J connectivity index is 1.66. The Bertz CT molecular complexity index is 1880. The first kappa shape index (κ1) is 25.9. The summed E-state index contributed by atoms with van der Waals surface area (Å²) < 4.78 is 0. The highest BCUT2D eigenvalue weighted by Crippen LogP contribution is 2.41. The van der Waals surface area contributed by atoms with Gasteiger partial charge < -0.3 is 15.6 Å². The number of carbonyl (C=O) groups excluding carboxylic acids is 2. The minimum Gasteiger partial charge on any atom is -0.352 e. The van der Waals surface area contributed by atoms with Crippen LogP contribution in [0, 0.1) is 13.8 Å². The van der Waals surface area contributed by atoms with Crippen LogP contribution >= 0.6 is 0 Å². The number of ketones is 2. The summed E-state index contributed by atoms with van der Waals surface area (Å²) in [4.78, 5) is 53.3. The molecule has 8 heteroatoms. The van der Waals surface area contributed by atoms with Crippen LogP contribution in [0.25, 0.3) is 11.4 Å². The van der Waals surface area contributed by atoms with E-state index >= 15 is 0 Å². The fourth-order valence-electron chi connectivity index (χ4n) is 4.94. The molecule has 1 aliphatic carbocycles. The minimum absolute atomic E-state index is 0.0314. The molecule has 1 aliphatic rings. The number of benzene rings is 2. The molecule has 41 heavy (non-hydrogen) atoms. The summed E-state index contributed by atoms with van der Waals surface area (Å²) in [6.45, 7) is 5.81. The molecule has 0 spiro atoms. The third kappa shape index (κ3) is 4.69. The zero-order valence-corrected chi connectivity index (χ0v) is 22.8. The van der Waals surface area contributed by atoms with E-state index in [1.54, 1.807) is 24.4 Å². The normalized spacial score (nSPS) is 12.1. The third-order valence-corrected chi connectivity index (χ3v) is 7.16. The Morgan fingerprint density at radius 3 is 2.05 bits per heavy atom. The van der Waals surface area contributed by atoms with Crippen molar-refractivity contribution in [1.82, 2.24) is 15.0 Å². The van der Waals surface area contributed by atoms with E-state index in [0.717, 1.165) is 16.8 Å². The van der Waals surface area contributed by atoms with Crippen LogP contribution in [0.5, 0.6) is 0 Å². The number of aromatic amines is 1. The number of nitrogens with zero attached hydrogens (tertiary/aromatic N) is 2. The van der Waals surface area contributed by atoms with Crippen molar-refractivity contribution in [2.24, 2.45) is 0 Å². The van der Waals surface area contributed by atoms with Crippen molar-refractivity contribution < 1.29 is 9.59 Å². The van der Waals surface area contributed by atoms with Crippen LogP contribution in [0.4, 0.5) is 22.9 Å². The summed E-state index contributed by atoms with van der Waals surface area (Å²) in [6.07, 6.45) is 2.03. The van der Waals surface area contributed by atoms with Crippen molar-refractivity contribution in [2.45, 2.75) is 27.2 Å². The van der Waals surface area contributed by atoms with Crippen LogP contribution in [0.15, 0.2) is 83.8 Å². The van der Waals surface area contributed by atoms with Crippen molar-refractivity contribution in [2.75, 3.05) is 10.6 Å². The van der Waals surface area contributed by atoms with Gasteiger partial charge in [0.15, 0.2) is 11.6 Å². The standard InChI is InChI=1S/C33H27N5O3/c1-4-20-17-23-27(38-33(20)41)31(40)26-25(30(23)39)28(24-7-5-6-16-34-24)37-32(36-22-14-10-19(3)11-15-22)29(26)35-21-12-8-18(2)9-13-21/h5-17,35H,4H2,1-3H3,(H,36,37)(H,38,41). The summed E-state index contributed by atoms with van der Waals surface area (Å²) in [5.74, 6) is -0.538. The number of nitrogens with one attached hydrogen (secondary N) is 3. The van der Waals surface area contributed by atoms with Gasteiger partial charge in [0.2, 0.25) is 5.78 Å². The number of hydrogen-bond donors (Lipinski definition) is 3. The molecule has 0 saturated carbocycles. The lowest BCUT2D eigenvalue weighted by Gasteiger charge is -2.25. The molecule has 3 aromatic heterocycles. The highest BCUT2D eigenvalue weighted by atomic mass is 16.1. The van der Waals surface area contributed by atoms with Crippen LogP contribution in [0.2, 0.25) is 0 Å². The fourth-order valence-corrected chi connectivity index (χ4v) is 4.94. The lowest BCUT2D eigenvalue weighted by atomic mass is 9.83. The molecular formula is C33H27N5O3. The second-order valence-electron chi connectivity index (χ2n) is 10.1. The Labute approximate surface area is 236 Å². The zero-order chi connectivity index (χ0) is 28.7. The molecule has 0 amide bonds. The number of H-pyrrole nitrogens is 1. The molecule has 0 atom stereocenters. The van der Waals surface area contributed by atoms with E-state index in [0.29, 0.717) is 34.9 Å². The van der Waals surface area contributed by atoms with Gasteiger partial charge in [0, 0.05) is 23.1 Å². The number of pyridine rings is 3. The molecular weight excluding hydrogens is 514 g/mol. The minimum atomic E-state index is -0.476. The number of aryl methyl sites for hydroxylation is 3. The van der Waals surface area contributed by atoms with Crippen LogP contribution in [-0.4, -0.2) is 26.5 Å². The summed E-state index contributed by atoms with van der Waals surface area (Å²) in [5, 5.41) is 6.69. The van der Waals surface area contributed by atoms with Gasteiger partial charge in [-0.3, -0.25) is 19.4 Å². The SMILES string of the molecule is CCc1cc2c([nH]c1=O)C(=O)c1c(Nc3ccc(C)cc3)c(Nc3ccc(C)cc3)nc(-c3ccccn3)c1C2=O. The summed E-state index contributed by atoms with van der Waals surface area (Å²) in [7, 11) is 0. The quantitative estimate of drug-likeness (QED) is 0.227. The molecule has 0 fully saturated rings. The monoisotopic (exact) mass is 541 g/mol. The summed E-state index contributed by atoms with van der Waals surface area (Å²) >= 11 is 0. The fraction of sp³-hybridized carbons (Fsp3) is 0.121. The van der Waals surface area contributed by atoms with Crippen molar-refractivity contribution in [1.29, 1.82) is 0 Å². The molecule has 5 aromatic rings. The molecule has 6 rings (SSSR count). The van der Waals surface area contributed by atoms with Gasteiger partial charge in [0.25, 0.3) is 5.56 Å². The Kier molecular flexibility index (Phi) is 6.51. The number of hydrogen-bond acceptors (Lipinski definition) is 7. The van der Waals surface area contributed by atoms with Crippen molar-refractivity contribution in [3.05, 3.63) is 128 Å². The van der Waals surface area contributed by atoms with E-state index in [2.05, 4.69) is 20.6 Å². The number of carbonyl (C=O) groups is 2. The van der Waals surface area contributed by atoms with Gasteiger partial charge in [0.1, 0.15) is 11.4 Å². The lowest BCUT2D eigenvalue weighted by molar-refractivity contribution is 0.0975. The highest BCUT2D eigenvalue weighted by molar-refractivity contribution is 6.31. The average molecular weight is 542 g/mol. The first-order valence-electron chi connectivity index (χ1n) is 13.4. The summed E-state index contributed by atoms with van der Waals surface area (Å²) in [5.41, 5.74) is 5.08. The molecule has 202 valence electrons. The Morgan fingerprint density at radius 1 is 0.780 bits per heavy atom. The van der Waals surface area contributed by atoms with E-state index in [4.69, 9.17) is 4.98 Å². The molecule has 0 unspecified atom stereocenters. The van der Waals surface area contributed by atoms with Crippen molar-refractivity contribution >= 4 is 34.4 Å². The smallest absolute Gasteiger partial charge is 0.251 e. The topological polar surface area (TPSA) is 117 Å². The second-order valence-corrected chi connectivity index (χ2v) is 10.1. The predicted molar refractivity (Wildman–Crippen MR) is 160 cm³/mol. The van der Waals surface area contributed by atoms with E-state index < -0.39 is 11.6 Å². The van der Waals surface area contributed by atoms with Crippen LogP contribution in [-0.2, 0) is 6.42 Å². The molecule has 0 aliphatic heterocycles. The number of anilines is 4. The average Bonchev–Trinajstić information content (AvgIpc) is 2.99. The van der Waals surface area contributed by atoms with E-state index in [-0.39, 0.29) is 33.6 Å². The maximum absolute atomic E-state index is 14.3. The maximum Gasteiger partial charge on any atom is 0.251 e. The van der Waals surface area contributed by atoms with Crippen LogP contribution in [0.3, 0.4) is 0 Å². The largest absolute Gasteiger partial charge is 0.352 e. The molecule has 0 saturated heterocycles. The first-order valence-corrected chi connectivity index (χ1v) is 13.4. The van der Waals surface area contributed by atoms with Crippen LogP contribution in [0.1, 0.15) is 55.6 Å². The Hall–Kier alpha value is -5.37. The number of aromatic nitrogens is 3.